The van der Waals surface area contributed by atoms with E-state index in [-0.39, 0.29) is 5.25 Å². The predicted molar refractivity (Wildman–Crippen MR) is 81.6 cm³/mol. The molecule has 0 saturated heterocycles. The zero-order chi connectivity index (χ0) is 14.6. The van der Waals surface area contributed by atoms with Crippen LogP contribution in [0.25, 0.3) is 0 Å². The van der Waals surface area contributed by atoms with Crippen molar-refractivity contribution in [3.63, 3.8) is 0 Å². The third-order valence-corrected chi connectivity index (χ3v) is 5.83. The number of nitrogens with zero attached hydrogens (tertiary/aromatic N) is 1. The highest BCUT2D eigenvalue weighted by Crippen LogP contribution is 2.23. The SMILES string of the molecule is Cc1cnccc1CCNC1CCCC(S(C)(=O)=O)C1. The molecule has 0 amide bonds. The molecule has 5 heteroatoms. The van der Waals surface area contributed by atoms with Crippen LogP contribution in [0, 0.1) is 6.92 Å². The highest BCUT2D eigenvalue weighted by Gasteiger charge is 2.28. The van der Waals surface area contributed by atoms with Gasteiger partial charge in [0.1, 0.15) is 9.84 Å². The summed E-state index contributed by atoms with van der Waals surface area (Å²) >= 11 is 0. The van der Waals surface area contributed by atoms with E-state index in [0.29, 0.717) is 6.04 Å². The van der Waals surface area contributed by atoms with Gasteiger partial charge in [0.25, 0.3) is 0 Å². The van der Waals surface area contributed by atoms with Gasteiger partial charge in [-0.3, -0.25) is 4.98 Å². The summed E-state index contributed by atoms with van der Waals surface area (Å²) < 4.78 is 23.3. The van der Waals surface area contributed by atoms with Gasteiger partial charge in [0.2, 0.25) is 0 Å². The molecule has 1 fully saturated rings. The molecule has 2 unspecified atom stereocenters. The molecule has 0 radical (unpaired) electrons. The number of hydrogen-bond acceptors (Lipinski definition) is 4. The summed E-state index contributed by atoms with van der Waals surface area (Å²) in [4.78, 5) is 4.09. The second-order valence-corrected chi connectivity index (χ2v) is 8.15. The Kier molecular flexibility index (Phi) is 5.16. The van der Waals surface area contributed by atoms with Crippen LogP contribution in [0.5, 0.6) is 0 Å². The maximum absolute atomic E-state index is 11.6. The van der Waals surface area contributed by atoms with E-state index in [4.69, 9.17) is 0 Å². The monoisotopic (exact) mass is 296 g/mol. The third kappa shape index (κ3) is 4.28. The van der Waals surface area contributed by atoms with E-state index in [1.54, 1.807) is 0 Å². The molecule has 1 N–H and O–H groups in total. The minimum Gasteiger partial charge on any atom is -0.314 e. The Morgan fingerprint density at radius 2 is 2.20 bits per heavy atom. The van der Waals surface area contributed by atoms with Crippen molar-refractivity contribution in [2.45, 2.75) is 50.3 Å². The van der Waals surface area contributed by atoms with E-state index >= 15 is 0 Å². The van der Waals surface area contributed by atoms with Crippen LogP contribution in [0.1, 0.15) is 36.8 Å². The molecule has 20 heavy (non-hydrogen) atoms. The third-order valence-electron chi connectivity index (χ3n) is 4.20. The second kappa shape index (κ2) is 6.68. The highest BCUT2D eigenvalue weighted by atomic mass is 32.2. The van der Waals surface area contributed by atoms with Gasteiger partial charge in [-0.1, -0.05) is 6.42 Å². The van der Waals surface area contributed by atoms with E-state index in [1.165, 1.54) is 17.4 Å². The molecule has 1 heterocycles. The maximum atomic E-state index is 11.6. The van der Waals surface area contributed by atoms with Crippen LogP contribution in [0.4, 0.5) is 0 Å². The average molecular weight is 296 g/mol. The van der Waals surface area contributed by atoms with Crippen molar-refractivity contribution >= 4 is 9.84 Å². The summed E-state index contributed by atoms with van der Waals surface area (Å²) in [7, 11) is -2.89. The summed E-state index contributed by atoms with van der Waals surface area (Å²) in [5.41, 5.74) is 2.52. The van der Waals surface area contributed by atoms with Gasteiger partial charge in [-0.15, -0.1) is 0 Å². The molecule has 0 spiro atoms. The van der Waals surface area contributed by atoms with Crippen molar-refractivity contribution in [3.8, 4) is 0 Å². The average Bonchev–Trinajstić information content (AvgIpc) is 2.40. The largest absolute Gasteiger partial charge is 0.314 e. The van der Waals surface area contributed by atoms with Crippen LogP contribution in [-0.4, -0.2) is 37.5 Å². The zero-order valence-electron chi connectivity index (χ0n) is 12.3. The van der Waals surface area contributed by atoms with E-state index in [9.17, 15) is 8.42 Å². The zero-order valence-corrected chi connectivity index (χ0v) is 13.1. The fourth-order valence-corrected chi connectivity index (χ4v) is 4.09. The van der Waals surface area contributed by atoms with Gasteiger partial charge >= 0.3 is 0 Å². The van der Waals surface area contributed by atoms with Gasteiger partial charge in [-0.2, -0.15) is 0 Å². The van der Waals surface area contributed by atoms with E-state index < -0.39 is 9.84 Å². The summed E-state index contributed by atoms with van der Waals surface area (Å²) in [5, 5.41) is 3.36. The van der Waals surface area contributed by atoms with Gasteiger partial charge in [-0.05, 0) is 56.3 Å². The molecule has 4 nitrogen and oxygen atoms in total. The molecule has 1 aromatic heterocycles. The first kappa shape index (κ1) is 15.4. The molecule has 1 aliphatic rings. The summed E-state index contributed by atoms with van der Waals surface area (Å²) in [6.07, 6.45) is 9.70. The Labute approximate surface area is 121 Å². The van der Waals surface area contributed by atoms with Crippen LogP contribution in [0.2, 0.25) is 0 Å². The number of nitrogens with one attached hydrogen (secondary N) is 1. The normalized spacial score (nSPS) is 23.7. The number of sulfone groups is 1. The molecule has 0 bridgehead atoms. The van der Waals surface area contributed by atoms with Gasteiger partial charge in [0.05, 0.1) is 5.25 Å². The summed E-state index contributed by atoms with van der Waals surface area (Å²) in [5.74, 6) is 0. The van der Waals surface area contributed by atoms with Crippen molar-refractivity contribution in [2.24, 2.45) is 0 Å². The first-order valence-electron chi connectivity index (χ1n) is 7.28. The smallest absolute Gasteiger partial charge is 0.150 e. The van der Waals surface area contributed by atoms with Crippen molar-refractivity contribution in [1.82, 2.24) is 10.3 Å². The molecular weight excluding hydrogens is 272 g/mol. The number of hydrogen-bond donors (Lipinski definition) is 1. The fourth-order valence-electron chi connectivity index (χ4n) is 2.91. The minimum absolute atomic E-state index is 0.156. The summed E-state index contributed by atoms with van der Waals surface area (Å²) in [6.45, 7) is 2.97. The lowest BCUT2D eigenvalue weighted by atomic mass is 9.95. The molecular formula is C15H24N2O2S. The number of pyridine rings is 1. The summed E-state index contributed by atoms with van der Waals surface area (Å²) in [6, 6.07) is 2.39. The van der Waals surface area contributed by atoms with Crippen LogP contribution >= 0.6 is 0 Å². The van der Waals surface area contributed by atoms with E-state index in [1.807, 2.05) is 12.4 Å². The van der Waals surface area contributed by atoms with Gasteiger partial charge in [-0.25, -0.2) is 8.42 Å². The molecule has 1 aliphatic carbocycles. The van der Waals surface area contributed by atoms with Gasteiger partial charge in [0.15, 0.2) is 0 Å². The van der Waals surface area contributed by atoms with Crippen molar-refractivity contribution in [3.05, 3.63) is 29.6 Å². The van der Waals surface area contributed by atoms with E-state index in [0.717, 1.165) is 38.6 Å². The highest BCUT2D eigenvalue weighted by molar-refractivity contribution is 7.91. The van der Waals surface area contributed by atoms with Crippen LogP contribution in [-0.2, 0) is 16.3 Å². The Hall–Kier alpha value is -0.940. The van der Waals surface area contributed by atoms with Crippen LogP contribution in [0.3, 0.4) is 0 Å². The second-order valence-electron chi connectivity index (χ2n) is 5.82. The topological polar surface area (TPSA) is 59.1 Å². The van der Waals surface area contributed by atoms with Crippen LogP contribution in [0.15, 0.2) is 18.5 Å². The Bertz CT molecular complexity index is 543. The maximum Gasteiger partial charge on any atom is 0.150 e. The lowest BCUT2D eigenvalue weighted by Gasteiger charge is -2.28. The molecule has 1 saturated carbocycles. The standard InChI is InChI=1S/C15H24N2O2S/c1-12-11-16-8-6-13(12)7-9-17-14-4-3-5-15(10-14)20(2,18)19/h6,8,11,14-15,17H,3-5,7,9-10H2,1-2H3. The van der Waals surface area contributed by atoms with Crippen molar-refractivity contribution < 1.29 is 8.42 Å². The Morgan fingerprint density at radius 3 is 2.90 bits per heavy atom. The first-order chi connectivity index (χ1) is 9.47. The lowest BCUT2D eigenvalue weighted by Crippen LogP contribution is -2.39. The molecule has 0 aromatic carbocycles. The minimum atomic E-state index is -2.89. The molecule has 2 rings (SSSR count). The Balaban J connectivity index is 1.81. The number of aromatic nitrogens is 1. The quantitative estimate of drug-likeness (QED) is 0.901. The number of aryl methyl sites for hydroxylation is 1. The lowest BCUT2D eigenvalue weighted by molar-refractivity contribution is 0.374. The number of rotatable bonds is 5. The molecule has 1 aromatic rings. The van der Waals surface area contributed by atoms with Crippen molar-refractivity contribution in [1.29, 1.82) is 0 Å². The van der Waals surface area contributed by atoms with E-state index in [2.05, 4.69) is 23.3 Å². The molecule has 112 valence electrons. The Morgan fingerprint density at radius 1 is 1.40 bits per heavy atom. The van der Waals surface area contributed by atoms with Gasteiger partial charge in [0, 0.05) is 24.7 Å². The van der Waals surface area contributed by atoms with Gasteiger partial charge < -0.3 is 5.32 Å². The fraction of sp³-hybridized carbons (Fsp3) is 0.667. The first-order valence-corrected chi connectivity index (χ1v) is 9.24. The molecule has 0 aliphatic heterocycles. The van der Waals surface area contributed by atoms with Crippen molar-refractivity contribution in [2.75, 3.05) is 12.8 Å². The molecule has 2 atom stereocenters. The van der Waals surface area contributed by atoms with Crippen LogP contribution < -0.4 is 5.32 Å². The predicted octanol–water partition coefficient (Wildman–Crippen LogP) is 1.88.